The zero-order valence-electron chi connectivity index (χ0n) is 11.1. The molecule has 0 saturated carbocycles. The van der Waals surface area contributed by atoms with Crippen molar-refractivity contribution in [3.8, 4) is 0 Å². The van der Waals surface area contributed by atoms with Gasteiger partial charge in [-0.05, 0) is 26.2 Å². The summed E-state index contributed by atoms with van der Waals surface area (Å²) in [5, 5.41) is 0. The molecular weight excluding hydrogens is 246 g/mol. The smallest absolute Gasteiger partial charge is 0.328 e. The fraction of sp³-hybridized carbons (Fsp3) is 0.538. The van der Waals surface area contributed by atoms with E-state index in [2.05, 4.69) is 9.97 Å². The van der Waals surface area contributed by atoms with Gasteiger partial charge >= 0.3 is 5.97 Å². The third-order valence-electron chi connectivity index (χ3n) is 3.24. The molecule has 0 aliphatic carbocycles. The quantitative estimate of drug-likeness (QED) is 0.743. The molecule has 1 aromatic heterocycles. The van der Waals surface area contributed by atoms with E-state index in [4.69, 9.17) is 4.74 Å². The van der Waals surface area contributed by atoms with Crippen LogP contribution in [0.25, 0.3) is 0 Å². The molecule has 1 aromatic rings. The predicted octanol–water partition coefficient (Wildman–Crippen LogP) is 0.953. The first-order chi connectivity index (χ1) is 9.13. The van der Waals surface area contributed by atoms with Crippen molar-refractivity contribution in [3.05, 3.63) is 23.8 Å². The lowest BCUT2D eigenvalue weighted by Crippen LogP contribution is -2.48. The molecule has 1 atom stereocenters. The Kier molecular flexibility index (Phi) is 4.09. The minimum atomic E-state index is -0.505. The molecule has 2 heterocycles. The number of amides is 1. The summed E-state index contributed by atoms with van der Waals surface area (Å²) in [6.07, 6.45) is 5.43. The Bertz CT molecular complexity index is 473. The largest absolute Gasteiger partial charge is 0.467 e. The highest BCUT2D eigenvalue weighted by atomic mass is 16.5. The van der Waals surface area contributed by atoms with Crippen LogP contribution in [0.3, 0.4) is 0 Å². The summed E-state index contributed by atoms with van der Waals surface area (Å²) in [7, 11) is 1.34. The van der Waals surface area contributed by atoms with Crippen molar-refractivity contribution in [2.75, 3.05) is 13.7 Å². The molecule has 1 amide bonds. The second-order valence-electron chi connectivity index (χ2n) is 4.58. The highest BCUT2D eigenvalue weighted by Gasteiger charge is 2.33. The predicted molar refractivity (Wildman–Crippen MR) is 67.5 cm³/mol. The molecular formula is C13H17N3O3. The highest BCUT2D eigenvalue weighted by Crippen LogP contribution is 2.20. The van der Waals surface area contributed by atoms with Crippen LogP contribution in [-0.4, -0.2) is 46.4 Å². The van der Waals surface area contributed by atoms with Crippen LogP contribution in [0.5, 0.6) is 0 Å². The van der Waals surface area contributed by atoms with E-state index in [1.807, 2.05) is 0 Å². The average molecular weight is 263 g/mol. The summed E-state index contributed by atoms with van der Waals surface area (Å²) >= 11 is 0. The van der Waals surface area contributed by atoms with E-state index in [0.717, 1.165) is 18.5 Å². The van der Waals surface area contributed by atoms with Gasteiger partial charge in [0.15, 0.2) is 0 Å². The zero-order valence-corrected chi connectivity index (χ0v) is 11.1. The molecule has 1 unspecified atom stereocenters. The summed E-state index contributed by atoms with van der Waals surface area (Å²) in [6.45, 7) is 2.35. The molecule has 0 N–H and O–H groups in total. The van der Waals surface area contributed by atoms with Gasteiger partial charge in [-0.1, -0.05) is 0 Å². The number of ether oxygens (including phenoxy) is 1. The molecule has 1 aliphatic heterocycles. The van der Waals surface area contributed by atoms with Gasteiger partial charge in [0.2, 0.25) is 0 Å². The fourth-order valence-corrected chi connectivity index (χ4v) is 2.21. The lowest BCUT2D eigenvalue weighted by molar-refractivity contribution is -0.147. The van der Waals surface area contributed by atoms with Crippen LogP contribution in [-0.2, 0) is 9.53 Å². The summed E-state index contributed by atoms with van der Waals surface area (Å²) in [4.78, 5) is 33.7. The number of hydrogen-bond donors (Lipinski definition) is 0. The van der Waals surface area contributed by atoms with Crippen molar-refractivity contribution < 1.29 is 14.3 Å². The lowest BCUT2D eigenvalue weighted by atomic mass is 10.0. The van der Waals surface area contributed by atoms with E-state index in [9.17, 15) is 9.59 Å². The second-order valence-corrected chi connectivity index (χ2v) is 4.58. The normalized spacial score (nSPS) is 19.1. The van der Waals surface area contributed by atoms with Crippen LogP contribution in [0.2, 0.25) is 0 Å². The van der Waals surface area contributed by atoms with Crippen LogP contribution in [0.4, 0.5) is 0 Å². The number of carbonyl (C=O) groups excluding carboxylic acids is 2. The topological polar surface area (TPSA) is 72.4 Å². The number of esters is 1. The third-order valence-corrected chi connectivity index (χ3v) is 3.24. The lowest BCUT2D eigenvalue weighted by Gasteiger charge is -2.33. The molecule has 0 spiro atoms. The van der Waals surface area contributed by atoms with Gasteiger partial charge in [0.05, 0.1) is 19.0 Å². The van der Waals surface area contributed by atoms with Crippen LogP contribution in [0.15, 0.2) is 12.4 Å². The van der Waals surface area contributed by atoms with Crippen LogP contribution < -0.4 is 0 Å². The molecule has 1 fully saturated rings. The molecule has 0 radical (unpaired) electrons. The third kappa shape index (κ3) is 2.89. The molecule has 19 heavy (non-hydrogen) atoms. The number of likely N-dealkylation sites (tertiary alicyclic amines) is 1. The fourth-order valence-electron chi connectivity index (χ4n) is 2.21. The molecule has 0 aromatic carbocycles. The number of aryl methyl sites for hydroxylation is 1. The molecule has 0 bridgehead atoms. The maximum Gasteiger partial charge on any atom is 0.328 e. The minimum Gasteiger partial charge on any atom is -0.467 e. The van der Waals surface area contributed by atoms with Crippen molar-refractivity contribution in [2.24, 2.45) is 0 Å². The Balaban J connectivity index is 2.20. The molecule has 2 rings (SSSR count). The average Bonchev–Trinajstić information content (AvgIpc) is 2.46. The number of rotatable bonds is 2. The Labute approximate surface area is 111 Å². The van der Waals surface area contributed by atoms with Crippen molar-refractivity contribution in [1.29, 1.82) is 0 Å². The Morgan fingerprint density at radius 1 is 1.32 bits per heavy atom. The second kappa shape index (κ2) is 5.77. The van der Waals surface area contributed by atoms with Crippen molar-refractivity contribution >= 4 is 11.9 Å². The van der Waals surface area contributed by atoms with Gasteiger partial charge < -0.3 is 9.64 Å². The van der Waals surface area contributed by atoms with E-state index >= 15 is 0 Å². The number of methoxy groups -OCH3 is 1. The van der Waals surface area contributed by atoms with Crippen LogP contribution in [0, 0.1) is 6.92 Å². The standard InChI is InChI=1S/C13H17N3O3/c1-9-7-15-10(8-14-9)12(17)16-6-4-3-5-11(16)13(18)19-2/h7-8,11H,3-6H2,1-2H3. The van der Waals surface area contributed by atoms with E-state index in [1.54, 1.807) is 13.1 Å². The Hall–Kier alpha value is -1.98. The van der Waals surface area contributed by atoms with E-state index in [0.29, 0.717) is 13.0 Å². The Morgan fingerprint density at radius 2 is 2.11 bits per heavy atom. The molecule has 6 heteroatoms. The number of hydrogen-bond acceptors (Lipinski definition) is 5. The number of aromatic nitrogens is 2. The van der Waals surface area contributed by atoms with Gasteiger partial charge in [-0.25, -0.2) is 9.78 Å². The first-order valence-corrected chi connectivity index (χ1v) is 6.31. The van der Waals surface area contributed by atoms with E-state index in [-0.39, 0.29) is 17.6 Å². The van der Waals surface area contributed by atoms with E-state index < -0.39 is 6.04 Å². The SMILES string of the molecule is COC(=O)C1CCCCN1C(=O)c1cnc(C)cn1. The summed E-state index contributed by atoms with van der Waals surface area (Å²) in [6, 6.07) is -0.505. The molecule has 1 saturated heterocycles. The van der Waals surface area contributed by atoms with Gasteiger partial charge in [-0.3, -0.25) is 9.78 Å². The molecule has 102 valence electrons. The number of nitrogens with zero attached hydrogens (tertiary/aromatic N) is 3. The monoisotopic (exact) mass is 263 g/mol. The van der Waals surface area contributed by atoms with Crippen molar-refractivity contribution in [2.45, 2.75) is 32.2 Å². The van der Waals surface area contributed by atoms with Gasteiger partial charge in [-0.15, -0.1) is 0 Å². The van der Waals surface area contributed by atoms with E-state index in [1.165, 1.54) is 18.2 Å². The van der Waals surface area contributed by atoms with Gasteiger partial charge in [0.25, 0.3) is 5.91 Å². The van der Waals surface area contributed by atoms with Gasteiger partial charge in [0.1, 0.15) is 11.7 Å². The maximum absolute atomic E-state index is 12.4. The highest BCUT2D eigenvalue weighted by molar-refractivity contribution is 5.95. The summed E-state index contributed by atoms with van der Waals surface area (Å²) in [5.74, 6) is -0.629. The van der Waals surface area contributed by atoms with Gasteiger partial charge in [-0.2, -0.15) is 0 Å². The van der Waals surface area contributed by atoms with Gasteiger partial charge in [0, 0.05) is 12.7 Å². The number of carbonyl (C=O) groups is 2. The Morgan fingerprint density at radius 3 is 2.74 bits per heavy atom. The minimum absolute atomic E-state index is 0.261. The van der Waals surface area contributed by atoms with Crippen LogP contribution >= 0.6 is 0 Å². The molecule has 1 aliphatic rings. The summed E-state index contributed by atoms with van der Waals surface area (Å²) in [5.41, 5.74) is 1.01. The van der Waals surface area contributed by atoms with Crippen molar-refractivity contribution in [1.82, 2.24) is 14.9 Å². The summed E-state index contributed by atoms with van der Waals surface area (Å²) < 4.78 is 4.76. The van der Waals surface area contributed by atoms with Crippen LogP contribution in [0.1, 0.15) is 35.4 Å². The van der Waals surface area contributed by atoms with Crippen molar-refractivity contribution in [3.63, 3.8) is 0 Å². The zero-order chi connectivity index (χ0) is 13.8. The first-order valence-electron chi connectivity index (χ1n) is 6.31. The maximum atomic E-state index is 12.4. The first kappa shape index (κ1) is 13.5. The number of piperidine rings is 1. The molecule has 6 nitrogen and oxygen atoms in total.